The molecule has 0 bridgehead atoms. The highest BCUT2D eigenvalue weighted by molar-refractivity contribution is 6.33. The Morgan fingerprint density at radius 2 is 1.12 bits per heavy atom. The Morgan fingerprint density at radius 3 is 1.60 bits per heavy atom. The first-order chi connectivity index (χ1) is 27.7. The molecule has 0 aliphatic carbocycles. The summed E-state index contributed by atoms with van der Waals surface area (Å²) in [5, 5.41) is 23.5. The van der Waals surface area contributed by atoms with Crippen molar-refractivity contribution in [2.75, 3.05) is 22.9 Å². The monoisotopic (exact) mass is 834 g/mol. The maximum atomic E-state index is 16.3. The molecule has 6 rings (SSSR count). The van der Waals surface area contributed by atoms with E-state index in [4.69, 9.17) is 23.2 Å². The highest BCUT2D eigenvalue weighted by Crippen LogP contribution is 2.49. The fourth-order valence-corrected chi connectivity index (χ4v) is 9.22. The second-order valence-electron chi connectivity index (χ2n) is 17.2. The van der Waals surface area contributed by atoms with E-state index in [9.17, 15) is 20.2 Å². The Hall–Kier alpha value is -4.28. The highest BCUT2D eigenvalue weighted by atomic mass is 35.5. The predicted molar refractivity (Wildman–Crippen MR) is 230 cm³/mol. The smallest absolute Gasteiger partial charge is 0.288 e. The van der Waals surface area contributed by atoms with Crippen LogP contribution in [0.2, 0.25) is 10.0 Å². The van der Waals surface area contributed by atoms with Gasteiger partial charge in [-0.05, 0) is 103 Å². The quantitative estimate of drug-likeness (QED) is 0.0634. The molecular formula is C46H54Cl2F2N4O4. The van der Waals surface area contributed by atoms with Crippen LogP contribution in [0.1, 0.15) is 138 Å². The molecule has 0 spiro atoms. The molecule has 0 unspecified atom stereocenters. The van der Waals surface area contributed by atoms with Crippen molar-refractivity contribution in [2.24, 2.45) is 5.41 Å². The van der Waals surface area contributed by atoms with E-state index in [1.54, 1.807) is 21.9 Å². The molecule has 2 atom stereocenters. The standard InChI is InChI=1S/C46H54Cl2F2N4O4/c1-46(2,3)24-10-8-6-4-5-7-9-11-31-12-14-32(15-13-31)33-22-25-51(26-23-33)45-39(49)29-36(30-40(45)50)52-41(34-16-18-37(47)43(27-34)53(55)56)20-21-42(52)35-17-19-38(48)44(28-35)54(57)58/h12-19,27-30,33,41-42H,4-11,20-26H2,1-3H3/t41-,42-/m1/s1. The third kappa shape index (κ3) is 10.7. The summed E-state index contributed by atoms with van der Waals surface area (Å²) in [5.74, 6) is -1.13. The molecule has 2 aliphatic rings. The Balaban J connectivity index is 1.11. The lowest BCUT2D eigenvalue weighted by molar-refractivity contribution is -0.384. The molecule has 0 radical (unpaired) electrons. The number of unbranched alkanes of at least 4 members (excludes halogenated alkanes) is 6. The molecule has 2 aliphatic heterocycles. The second kappa shape index (κ2) is 19.2. The Labute approximate surface area is 350 Å². The van der Waals surface area contributed by atoms with Crippen LogP contribution in [0.4, 0.5) is 31.5 Å². The highest BCUT2D eigenvalue weighted by Gasteiger charge is 2.38. The molecule has 58 heavy (non-hydrogen) atoms. The van der Waals surface area contributed by atoms with Crippen LogP contribution in [0.5, 0.6) is 0 Å². The van der Waals surface area contributed by atoms with Crippen LogP contribution >= 0.6 is 23.2 Å². The summed E-state index contributed by atoms with van der Waals surface area (Å²) in [5.41, 5.74) is 3.69. The van der Waals surface area contributed by atoms with Crippen molar-refractivity contribution in [1.82, 2.24) is 0 Å². The van der Waals surface area contributed by atoms with Crippen molar-refractivity contribution in [3.63, 3.8) is 0 Å². The topological polar surface area (TPSA) is 92.8 Å². The lowest BCUT2D eigenvalue weighted by atomic mass is 9.88. The van der Waals surface area contributed by atoms with E-state index in [1.165, 1.54) is 98.9 Å². The number of aryl methyl sites for hydroxylation is 1. The van der Waals surface area contributed by atoms with Crippen LogP contribution in [-0.2, 0) is 6.42 Å². The summed E-state index contributed by atoms with van der Waals surface area (Å²) < 4.78 is 32.5. The first kappa shape index (κ1) is 43.3. The molecule has 310 valence electrons. The summed E-state index contributed by atoms with van der Waals surface area (Å²) in [4.78, 5) is 26.0. The summed E-state index contributed by atoms with van der Waals surface area (Å²) in [6.07, 6.45) is 13.9. The number of rotatable bonds is 16. The largest absolute Gasteiger partial charge is 0.367 e. The van der Waals surface area contributed by atoms with E-state index in [0.717, 1.165) is 19.3 Å². The Kier molecular flexibility index (Phi) is 14.3. The van der Waals surface area contributed by atoms with Gasteiger partial charge in [0.05, 0.1) is 21.9 Å². The van der Waals surface area contributed by atoms with Crippen molar-refractivity contribution < 1.29 is 18.6 Å². The van der Waals surface area contributed by atoms with Gasteiger partial charge in [0.2, 0.25) is 0 Å². The normalized spacial score (nSPS) is 17.6. The van der Waals surface area contributed by atoms with Gasteiger partial charge >= 0.3 is 0 Å². The number of halogens is 4. The fraction of sp³-hybridized carbons (Fsp3) is 0.478. The zero-order chi connectivity index (χ0) is 41.6. The predicted octanol–water partition coefficient (Wildman–Crippen LogP) is 14.3. The zero-order valence-corrected chi connectivity index (χ0v) is 35.2. The first-order valence-corrected chi connectivity index (χ1v) is 21.4. The number of nitrogens with zero attached hydrogens (tertiary/aromatic N) is 4. The molecule has 12 heteroatoms. The van der Waals surface area contributed by atoms with Crippen LogP contribution < -0.4 is 9.80 Å². The minimum Gasteiger partial charge on any atom is -0.367 e. The summed E-state index contributed by atoms with van der Waals surface area (Å²) in [6, 6.07) is 19.4. The Morgan fingerprint density at radius 1 is 0.655 bits per heavy atom. The number of anilines is 2. The van der Waals surface area contributed by atoms with Crippen molar-refractivity contribution in [2.45, 2.75) is 122 Å². The van der Waals surface area contributed by atoms with E-state index in [2.05, 4.69) is 45.0 Å². The van der Waals surface area contributed by atoms with Gasteiger partial charge in [0.15, 0.2) is 11.6 Å². The van der Waals surface area contributed by atoms with Gasteiger partial charge in [-0.1, -0.05) is 119 Å². The summed E-state index contributed by atoms with van der Waals surface area (Å²) in [7, 11) is 0. The molecule has 2 heterocycles. The van der Waals surface area contributed by atoms with Gasteiger partial charge in [0.1, 0.15) is 15.7 Å². The third-order valence-corrected chi connectivity index (χ3v) is 12.6. The molecule has 2 saturated heterocycles. The van der Waals surface area contributed by atoms with Gasteiger partial charge < -0.3 is 9.80 Å². The van der Waals surface area contributed by atoms with Crippen LogP contribution in [0.15, 0.2) is 72.8 Å². The SMILES string of the molecule is CC(C)(C)CCCCCCCCCc1ccc(C2CCN(c3c(F)cc(N4[C@@H](c5ccc(Cl)c([N+](=O)[O-])c5)CC[C@@H]4c4ccc(Cl)c([N+](=O)[O-])c4)cc3F)CC2)cc1. The maximum absolute atomic E-state index is 16.3. The lowest BCUT2D eigenvalue weighted by Crippen LogP contribution is -2.34. The number of hydrogen-bond donors (Lipinski definition) is 0. The van der Waals surface area contributed by atoms with Gasteiger partial charge in [0, 0.05) is 30.9 Å². The van der Waals surface area contributed by atoms with Crippen molar-refractivity contribution in [3.05, 3.63) is 137 Å². The summed E-state index contributed by atoms with van der Waals surface area (Å²) >= 11 is 12.3. The van der Waals surface area contributed by atoms with E-state index < -0.39 is 33.6 Å². The number of nitro benzene ring substituents is 2. The molecule has 0 aromatic heterocycles. The lowest BCUT2D eigenvalue weighted by Gasteiger charge is -2.36. The minimum absolute atomic E-state index is 0.0285. The van der Waals surface area contributed by atoms with E-state index in [-0.39, 0.29) is 32.8 Å². The van der Waals surface area contributed by atoms with E-state index in [0.29, 0.717) is 48.4 Å². The Bertz CT molecular complexity index is 1970. The van der Waals surface area contributed by atoms with Crippen molar-refractivity contribution >= 4 is 46.0 Å². The number of nitro groups is 2. The number of benzene rings is 4. The molecule has 8 nitrogen and oxygen atoms in total. The fourth-order valence-electron chi connectivity index (χ4n) is 8.84. The summed E-state index contributed by atoms with van der Waals surface area (Å²) in [6.45, 7) is 7.92. The van der Waals surface area contributed by atoms with Crippen molar-refractivity contribution in [1.29, 1.82) is 0 Å². The van der Waals surface area contributed by atoms with E-state index >= 15 is 8.78 Å². The van der Waals surface area contributed by atoms with Crippen LogP contribution in [0.3, 0.4) is 0 Å². The second-order valence-corrected chi connectivity index (χ2v) is 18.1. The molecule has 4 aromatic rings. The third-order valence-electron chi connectivity index (χ3n) is 11.9. The molecular weight excluding hydrogens is 781 g/mol. The molecule has 2 fully saturated rings. The van der Waals surface area contributed by atoms with Gasteiger partial charge in [0.25, 0.3) is 11.4 Å². The molecule has 4 aromatic carbocycles. The van der Waals surface area contributed by atoms with Crippen LogP contribution in [-0.4, -0.2) is 22.9 Å². The maximum Gasteiger partial charge on any atom is 0.288 e. The zero-order valence-electron chi connectivity index (χ0n) is 33.7. The molecule has 0 saturated carbocycles. The van der Waals surface area contributed by atoms with E-state index in [1.807, 2.05) is 0 Å². The van der Waals surface area contributed by atoms with Gasteiger partial charge in [-0.2, -0.15) is 0 Å². The first-order valence-electron chi connectivity index (χ1n) is 20.7. The molecule has 0 amide bonds. The van der Waals surface area contributed by atoms with Crippen LogP contribution in [0.25, 0.3) is 0 Å². The number of piperidine rings is 1. The van der Waals surface area contributed by atoms with Gasteiger partial charge in [-0.25, -0.2) is 8.78 Å². The average Bonchev–Trinajstić information content (AvgIpc) is 3.62. The minimum atomic E-state index is -0.716. The number of hydrogen-bond acceptors (Lipinski definition) is 6. The molecule has 0 N–H and O–H groups in total. The average molecular weight is 836 g/mol. The van der Waals surface area contributed by atoms with Crippen molar-refractivity contribution in [3.8, 4) is 0 Å². The van der Waals surface area contributed by atoms with Gasteiger partial charge in [-0.3, -0.25) is 20.2 Å². The van der Waals surface area contributed by atoms with Gasteiger partial charge in [-0.15, -0.1) is 0 Å². The van der Waals surface area contributed by atoms with Crippen LogP contribution in [0, 0.1) is 37.3 Å².